The van der Waals surface area contributed by atoms with Crippen molar-refractivity contribution in [3.05, 3.63) is 47.5 Å². The van der Waals surface area contributed by atoms with E-state index in [1.807, 2.05) is 43.3 Å². The van der Waals surface area contributed by atoms with Gasteiger partial charge < -0.3 is 31.3 Å². The molecule has 0 saturated heterocycles. The maximum Gasteiger partial charge on any atom is 0.328 e. The average molecular weight is 600 g/mol. The number of carbonyl (C=O) groups excluding carboxylic acids is 5. The molecule has 1 aliphatic rings. The number of ether oxygens (including phenoxy) is 1. The van der Waals surface area contributed by atoms with E-state index in [-0.39, 0.29) is 36.2 Å². The standard InChI is InChI=1S/C32H49N5O6/c1-18(2)26(30(40)36-27(19(3)4)32(42)43-8)35-29(39)22(7)37-15-14-24(21(6)34-28(38)20(5)33)17-25(31(37)41)16-23-12-10-9-11-13-23/h9-13,17-22,25-27H,14-16,33H2,1-8H3,(H,34,38)(H,35,39)(H,36,40)/t20-,21-,22-,25-,26-,27-/m0/s1. The molecule has 5 N–H and O–H groups in total. The quantitative estimate of drug-likeness (QED) is 0.198. The lowest BCUT2D eigenvalue weighted by Gasteiger charge is -2.32. The molecule has 0 saturated carbocycles. The fourth-order valence-corrected chi connectivity index (χ4v) is 5.00. The van der Waals surface area contributed by atoms with Gasteiger partial charge in [0.05, 0.1) is 19.1 Å². The third-order valence-corrected chi connectivity index (χ3v) is 7.80. The minimum absolute atomic E-state index is 0.219. The molecular weight excluding hydrogens is 550 g/mol. The minimum Gasteiger partial charge on any atom is -0.467 e. The summed E-state index contributed by atoms with van der Waals surface area (Å²) in [6.45, 7) is 12.5. The molecule has 238 valence electrons. The number of methoxy groups -OCH3 is 1. The van der Waals surface area contributed by atoms with Crippen LogP contribution >= 0.6 is 0 Å². The zero-order valence-corrected chi connectivity index (χ0v) is 26.7. The van der Waals surface area contributed by atoms with E-state index in [0.29, 0.717) is 12.8 Å². The van der Waals surface area contributed by atoms with Gasteiger partial charge in [-0.2, -0.15) is 0 Å². The van der Waals surface area contributed by atoms with Crippen LogP contribution in [0, 0.1) is 17.8 Å². The first kappa shape index (κ1) is 35.5. The van der Waals surface area contributed by atoms with Gasteiger partial charge in [0.15, 0.2) is 0 Å². The van der Waals surface area contributed by atoms with Crippen molar-refractivity contribution in [1.82, 2.24) is 20.9 Å². The fourth-order valence-electron chi connectivity index (χ4n) is 5.00. The van der Waals surface area contributed by atoms with Crippen LogP contribution in [-0.4, -0.2) is 78.4 Å². The highest BCUT2D eigenvalue weighted by atomic mass is 16.5. The van der Waals surface area contributed by atoms with Gasteiger partial charge in [0.25, 0.3) is 0 Å². The van der Waals surface area contributed by atoms with E-state index in [0.717, 1.165) is 11.1 Å². The Balaban J connectivity index is 2.29. The molecule has 11 heteroatoms. The minimum atomic E-state index is -0.940. The molecule has 0 unspecified atom stereocenters. The number of esters is 1. The van der Waals surface area contributed by atoms with E-state index in [1.165, 1.54) is 12.0 Å². The summed E-state index contributed by atoms with van der Waals surface area (Å²) in [4.78, 5) is 66.8. The number of nitrogens with zero attached hydrogens (tertiary/aromatic N) is 1. The van der Waals surface area contributed by atoms with Crippen LogP contribution in [0.1, 0.15) is 60.5 Å². The van der Waals surface area contributed by atoms with E-state index in [9.17, 15) is 24.0 Å². The number of carbonyl (C=O) groups is 5. The van der Waals surface area contributed by atoms with Crippen LogP contribution in [0.3, 0.4) is 0 Å². The summed E-state index contributed by atoms with van der Waals surface area (Å²) in [5.74, 6) is -3.16. The van der Waals surface area contributed by atoms with Gasteiger partial charge in [0, 0.05) is 12.6 Å². The van der Waals surface area contributed by atoms with Crippen molar-refractivity contribution in [2.24, 2.45) is 23.5 Å². The molecule has 1 aromatic carbocycles. The smallest absolute Gasteiger partial charge is 0.328 e. The third kappa shape index (κ3) is 9.91. The Morgan fingerprint density at radius 1 is 0.884 bits per heavy atom. The van der Waals surface area contributed by atoms with Crippen molar-refractivity contribution < 1.29 is 28.7 Å². The van der Waals surface area contributed by atoms with Crippen LogP contribution in [0.2, 0.25) is 0 Å². The molecule has 2 rings (SSSR count). The molecule has 0 radical (unpaired) electrons. The third-order valence-electron chi connectivity index (χ3n) is 7.80. The molecule has 0 bridgehead atoms. The molecule has 6 atom stereocenters. The summed E-state index contributed by atoms with van der Waals surface area (Å²) in [5.41, 5.74) is 7.58. The van der Waals surface area contributed by atoms with E-state index in [2.05, 4.69) is 16.0 Å². The summed E-state index contributed by atoms with van der Waals surface area (Å²) < 4.78 is 4.83. The van der Waals surface area contributed by atoms with Gasteiger partial charge >= 0.3 is 5.97 Å². The van der Waals surface area contributed by atoms with Crippen molar-refractivity contribution in [1.29, 1.82) is 0 Å². The fraction of sp³-hybridized carbons (Fsp3) is 0.594. The van der Waals surface area contributed by atoms with Crippen LogP contribution < -0.4 is 21.7 Å². The van der Waals surface area contributed by atoms with Gasteiger partial charge in [0.1, 0.15) is 18.1 Å². The lowest BCUT2D eigenvalue weighted by molar-refractivity contribution is -0.147. The van der Waals surface area contributed by atoms with Crippen molar-refractivity contribution >= 4 is 29.6 Å². The number of rotatable bonds is 13. The molecule has 1 aromatic rings. The van der Waals surface area contributed by atoms with Gasteiger partial charge in [-0.15, -0.1) is 0 Å². The van der Waals surface area contributed by atoms with Crippen molar-refractivity contribution in [2.75, 3.05) is 13.7 Å². The van der Waals surface area contributed by atoms with Gasteiger partial charge in [-0.1, -0.05) is 64.1 Å². The Morgan fingerprint density at radius 2 is 1.47 bits per heavy atom. The number of hydrogen-bond acceptors (Lipinski definition) is 7. The second-order valence-electron chi connectivity index (χ2n) is 12.0. The van der Waals surface area contributed by atoms with E-state index in [4.69, 9.17) is 10.5 Å². The summed E-state index contributed by atoms with van der Waals surface area (Å²) >= 11 is 0. The number of nitrogens with one attached hydrogen (secondary N) is 3. The van der Waals surface area contributed by atoms with Gasteiger partial charge in [0.2, 0.25) is 23.6 Å². The van der Waals surface area contributed by atoms with Crippen molar-refractivity contribution in [3.8, 4) is 0 Å². The SMILES string of the molecule is COC(=O)[C@@H](NC(=O)[C@@H](NC(=O)[C@H](C)N1CCC([C@H](C)NC(=O)[C@H](C)N)=C[C@H](Cc2ccccc2)C1=O)C(C)C)C(C)C. The zero-order chi connectivity index (χ0) is 32.4. The Bertz CT molecular complexity index is 1170. The molecule has 11 nitrogen and oxygen atoms in total. The Morgan fingerprint density at radius 3 is 2.00 bits per heavy atom. The lowest BCUT2D eigenvalue weighted by Crippen LogP contribution is -2.58. The number of benzene rings is 1. The van der Waals surface area contributed by atoms with Gasteiger partial charge in [-0.25, -0.2) is 4.79 Å². The lowest BCUT2D eigenvalue weighted by atomic mass is 9.94. The normalized spacial score (nSPS) is 19.0. The number of amides is 4. The maximum atomic E-state index is 13.9. The summed E-state index contributed by atoms with van der Waals surface area (Å²) in [5, 5.41) is 8.43. The van der Waals surface area contributed by atoms with Crippen molar-refractivity contribution in [2.45, 2.75) is 91.5 Å². The molecule has 0 aromatic heterocycles. The van der Waals surface area contributed by atoms with E-state index < -0.39 is 47.9 Å². The average Bonchev–Trinajstić information content (AvgIpc) is 3.12. The highest BCUT2D eigenvalue weighted by Gasteiger charge is 2.36. The van der Waals surface area contributed by atoms with Gasteiger partial charge in [-0.3, -0.25) is 19.2 Å². The molecular formula is C32H49N5O6. The molecule has 1 aliphatic heterocycles. The topological polar surface area (TPSA) is 160 Å². The predicted octanol–water partition coefficient (Wildman–Crippen LogP) is 1.70. The first-order valence-corrected chi connectivity index (χ1v) is 15.0. The number of hydrogen-bond donors (Lipinski definition) is 4. The van der Waals surface area contributed by atoms with Crippen LogP contribution in [0.4, 0.5) is 0 Å². The predicted molar refractivity (Wildman–Crippen MR) is 164 cm³/mol. The summed E-state index contributed by atoms with van der Waals surface area (Å²) in [6, 6.07) is 5.87. The highest BCUT2D eigenvalue weighted by molar-refractivity contribution is 5.94. The second kappa shape index (κ2) is 16.2. The Kier molecular flexibility index (Phi) is 13.4. The summed E-state index contributed by atoms with van der Waals surface area (Å²) in [6.07, 6.45) is 2.76. The molecule has 43 heavy (non-hydrogen) atoms. The van der Waals surface area contributed by atoms with Gasteiger partial charge in [-0.05, 0) is 56.6 Å². The molecule has 0 spiro atoms. The molecule has 1 heterocycles. The largest absolute Gasteiger partial charge is 0.467 e. The van der Waals surface area contributed by atoms with Crippen molar-refractivity contribution in [3.63, 3.8) is 0 Å². The van der Waals surface area contributed by atoms with Crippen LogP contribution in [0.5, 0.6) is 0 Å². The summed E-state index contributed by atoms with van der Waals surface area (Å²) in [7, 11) is 1.25. The molecule has 0 fully saturated rings. The molecule has 4 amide bonds. The second-order valence-corrected chi connectivity index (χ2v) is 12.0. The number of nitrogens with two attached hydrogens (primary N) is 1. The monoisotopic (exact) mass is 599 g/mol. The highest BCUT2D eigenvalue weighted by Crippen LogP contribution is 2.25. The Hall–Kier alpha value is -3.73. The maximum absolute atomic E-state index is 13.9. The first-order chi connectivity index (χ1) is 20.2. The van der Waals surface area contributed by atoms with Crippen LogP contribution in [0.15, 0.2) is 42.0 Å². The van der Waals surface area contributed by atoms with E-state index >= 15 is 0 Å². The molecule has 0 aliphatic carbocycles. The Labute approximate surface area is 255 Å². The first-order valence-electron chi connectivity index (χ1n) is 15.0. The van der Waals surface area contributed by atoms with E-state index in [1.54, 1.807) is 41.5 Å². The van der Waals surface area contributed by atoms with Crippen LogP contribution in [0.25, 0.3) is 0 Å². The zero-order valence-electron chi connectivity index (χ0n) is 26.7. The van der Waals surface area contributed by atoms with Crippen LogP contribution in [-0.2, 0) is 35.1 Å².